The molecule has 0 heterocycles. The average molecular weight is 307 g/mol. The van der Waals surface area contributed by atoms with Crippen molar-refractivity contribution in [2.75, 3.05) is 12.8 Å². The molecule has 1 N–H and O–H groups in total. The van der Waals surface area contributed by atoms with Crippen molar-refractivity contribution in [3.8, 4) is 5.75 Å². The summed E-state index contributed by atoms with van der Waals surface area (Å²) < 4.78 is 40.6. The quantitative estimate of drug-likeness (QED) is 0.808. The summed E-state index contributed by atoms with van der Waals surface area (Å²) in [5, 5.41) is 3.66. The lowest BCUT2D eigenvalue weighted by Gasteiger charge is -2.19. The second-order valence-corrected chi connectivity index (χ2v) is 5.99. The molecule has 0 radical (unpaired) electrons. The first kappa shape index (κ1) is 17.2. The third-order valence-electron chi connectivity index (χ3n) is 2.96. The van der Waals surface area contributed by atoms with Crippen molar-refractivity contribution in [2.24, 2.45) is 0 Å². The smallest absolute Gasteiger partial charge is 0.406 e. The van der Waals surface area contributed by atoms with Gasteiger partial charge in [0.05, 0.1) is 0 Å². The van der Waals surface area contributed by atoms with Crippen LogP contribution in [0.5, 0.6) is 5.75 Å². The van der Waals surface area contributed by atoms with Crippen molar-refractivity contribution in [3.05, 3.63) is 29.8 Å². The SMILES string of the molecule is CCC(C)SCC(NC)c1cccc(OC(F)(F)F)c1. The highest BCUT2D eigenvalue weighted by atomic mass is 32.2. The van der Waals surface area contributed by atoms with Gasteiger partial charge in [-0.3, -0.25) is 0 Å². The summed E-state index contributed by atoms with van der Waals surface area (Å²) >= 11 is 1.80. The summed E-state index contributed by atoms with van der Waals surface area (Å²) in [6.07, 6.45) is -3.59. The van der Waals surface area contributed by atoms with Gasteiger partial charge < -0.3 is 10.1 Å². The average Bonchev–Trinajstić information content (AvgIpc) is 2.37. The van der Waals surface area contributed by atoms with Crippen molar-refractivity contribution < 1.29 is 17.9 Å². The Morgan fingerprint density at radius 3 is 2.60 bits per heavy atom. The lowest BCUT2D eigenvalue weighted by molar-refractivity contribution is -0.274. The summed E-state index contributed by atoms with van der Waals surface area (Å²) in [5.74, 6) is 0.629. The normalized spacial score (nSPS) is 14.9. The molecule has 0 spiro atoms. The summed E-state index contributed by atoms with van der Waals surface area (Å²) in [6.45, 7) is 4.25. The van der Waals surface area contributed by atoms with Crippen LogP contribution in [0.1, 0.15) is 31.9 Å². The Labute approximate surface area is 122 Å². The lowest BCUT2D eigenvalue weighted by atomic mass is 10.1. The van der Waals surface area contributed by atoms with Crippen LogP contribution in [0.3, 0.4) is 0 Å². The van der Waals surface area contributed by atoms with E-state index in [1.165, 1.54) is 12.1 Å². The molecule has 1 rings (SSSR count). The fourth-order valence-corrected chi connectivity index (χ4v) is 2.77. The summed E-state index contributed by atoms with van der Waals surface area (Å²) in [4.78, 5) is 0. The highest BCUT2D eigenvalue weighted by Gasteiger charge is 2.31. The molecule has 1 aromatic rings. The van der Waals surface area contributed by atoms with E-state index >= 15 is 0 Å². The van der Waals surface area contributed by atoms with Crippen molar-refractivity contribution in [2.45, 2.75) is 37.9 Å². The van der Waals surface area contributed by atoms with E-state index in [-0.39, 0.29) is 11.8 Å². The first-order chi connectivity index (χ1) is 9.35. The number of halogens is 3. The van der Waals surface area contributed by atoms with E-state index in [1.807, 2.05) is 6.07 Å². The van der Waals surface area contributed by atoms with E-state index in [1.54, 1.807) is 24.9 Å². The molecule has 2 atom stereocenters. The fourth-order valence-electron chi connectivity index (χ4n) is 1.65. The lowest BCUT2D eigenvalue weighted by Crippen LogP contribution is -2.21. The Bertz CT molecular complexity index is 412. The van der Waals surface area contributed by atoms with E-state index in [0.29, 0.717) is 5.25 Å². The third-order valence-corrected chi connectivity index (χ3v) is 4.39. The summed E-state index contributed by atoms with van der Waals surface area (Å²) in [7, 11) is 1.80. The van der Waals surface area contributed by atoms with Gasteiger partial charge in [-0.25, -0.2) is 0 Å². The molecule has 20 heavy (non-hydrogen) atoms. The maximum absolute atomic E-state index is 12.2. The fraction of sp³-hybridized carbons (Fsp3) is 0.571. The van der Waals surface area contributed by atoms with Crippen LogP contribution in [0.25, 0.3) is 0 Å². The van der Waals surface area contributed by atoms with Gasteiger partial charge in [-0.1, -0.05) is 26.0 Å². The van der Waals surface area contributed by atoms with Gasteiger partial charge in [0, 0.05) is 17.0 Å². The second-order valence-electron chi connectivity index (χ2n) is 4.51. The molecule has 0 saturated carbocycles. The number of thioether (sulfide) groups is 1. The van der Waals surface area contributed by atoms with Gasteiger partial charge in [0.15, 0.2) is 0 Å². The number of benzene rings is 1. The predicted octanol–water partition coefficient (Wildman–Crippen LogP) is 4.38. The molecule has 0 fully saturated rings. The van der Waals surface area contributed by atoms with Crippen molar-refractivity contribution in [3.63, 3.8) is 0 Å². The maximum Gasteiger partial charge on any atom is 0.573 e. The zero-order valence-electron chi connectivity index (χ0n) is 11.8. The molecule has 0 aliphatic carbocycles. The highest BCUT2D eigenvalue weighted by Crippen LogP contribution is 2.28. The van der Waals surface area contributed by atoms with Crippen LogP contribution in [0.15, 0.2) is 24.3 Å². The highest BCUT2D eigenvalue weighted by molar-refractivity contribution is 7.99. The van der Waals surface area contributed by atoms with Gasteiger partial charge in [-0.15, -0.1) is 13.2 Å². The van der Waals surface area contributed by atoms with Crippen LogP contribution in [0.2, 0.25) is 0 Å². The van der Waals surface area contributed by atoms with Crippen LogP contribution in [-0.4, -0.2) is 24.4 Å². The minimum absolute atomic E-state index is 0.00536. The van der Waals surface area contributed by atoms with Crippen molar-refractivity contribution in [1.29, 1.82) is 0 Å². The molecule has 0 aromatic heterocycles. The van der Waals surface area contributed by atoms with Gasteiger partial charge in [0.25, 0.3) is 0 Å². The van der Waals surface area contributed by atoms with Gasteiger partial charge in [-0.2, -0.15) is 11.8 Å². The first-order valence-electron chi connectivity index (χ1n) is 6.50. The van der Waals surface area contributed by atoms with Crippen LogP contribution in [-0.2, 0) is 0 Å². The number of hydrogen-bond acceptors (Lipinski definition) is 3. The number of rotatable bonds is 7. The molecule has 0 amide bonds. The van der Waals surface area contributed by atoms with Gasteiger partial charge in [0.1, 0.15) is 5.75 Å². The molecule has 2 unspecified atom stereocenters. The van der Waals surface area contributed by atoms with Gasteiger partial charge in [-0.05, 0) is 31.2 Å². The molecule has 2 nitrogen and oxygen atoms in total. The first-order valence-corrected chi connectivity index (χ1v) is 7.55. The Balaban J connectivity index is 2.74. The number of ether oxygens (including phenoxy) is 1. The van der Waals surface area contributed by atoms with Crippen LogP contribution >= 0.6 is 11.8 Å². The zero-order valence-corrected chi connectivity index (χ0v) is 12.6. The largest absolute Gasteiger partial charge is 0.573 e. The molecule has 0 saturated heterocycles. The molecule has 114 valence electrons. The summed E-state index contributed by atoms with van der Waals surface area (Å²) in [6, 6.07) is 6.14. The number of alkyl halides is 3. The molecule has 1 aromatic carbocycles. The number of nitrogens with one attached hydrogen (secondary N) is 1. The van der Waals surface area contributed by atoms with E-state index in [2.05, 4.69) is 23.9 Å². The summed E-state index contributed by atoms with van der Waals surface area (Å²) in [5.41, 5.74) is 0.796. The van der Waals surface area contributed by atoms with Gasteiger partial charge >= 0.3 is 6.36 Å². The Hall–Kier alpha value is -0.880. The van der Waals surface area contributed by atoms with Crippen LogP contribution in [0.4, 0.5) is 13.2 Å². The molecule has 0 aliphatic heterocycles. The van der Waals surface area contributed by atoms with E-state index in [4.69, 9.17) is 0 Å². The Morgan fingerprint density at radius 2 is 2.05 bits per heavy atom. The van der Waals surface area contributed by atoms with Crippen molar-refractivity contribution >= 4 is 11.8 Å². The minimum Gasteiger partial charge on any atom is -0.406 e. The predicted molar refractivity (Wildman–Crippen MR) is 77.1 cm³/mol. The van der Waals surface area contributed by atoms with Crippen molar-refractivity contribution in [1.82, 2.24) is 5.32 Å². The van der Waals surface area contributed by atoms with Crippen LogP contribution in [0, 0.1) is 0 Å². The monoisotopic (exact) mass is 307 g/mol. The molecule has 0 bridgehead atoms. The zero-order chi connectivity index (χ0) is 15.2. The molecular formula is C14H20F3NOS. The number of hydrogen-bond donors (Lipinski definition) is 1. The maximum atomic E-state index is 12.2. The van der Waals surface area contributed by atoms with Crippen LogP contribution < -0.4 is 10.1 Å². The standard InChI is InChI=1S/C14H20F3NOS/c1-4-10(2)20-9-13(18-3)11-6-5-7-12(8-11)19-14(15,16)17/h5-8,10,13,18H,4,9H2,1-3H3. The van der Waals surface area contributed by atoms with E-state index in [0.717, 1.165) is 17.7 Å². The second kappa shape index (κ2) is 7.78. The minimum atomic E-state index is -4.65. The Morgan fingerprint density at radius 1 is 1.35 bits per heavy atom. The van der Waals surface area contributed by atoms with E-state index < -0.39 is 6.36 Å². The molecule has 0 aliphatic rings. The molecule has 6 heteroatoms. The Kier molecular flexibility index (Phi) is 6.68. The topological polar surface area (TPSA) is 21.3 Å². The molecular weight excluding hydrogens is 287 g/mol. The van der Waals surface area contributed by atoms with E-state index in [9.17, 15) is 13.2 Å². The van der Waals surface area contributed by atoms with Gasteiger partial charge in [0.2, 0.25) is 0 Å². The third kappa shape index (κ3) is 6.05.